The molecular weight excluding hydrogens is 476 g/mol. The van der Waals surface area contributed by atoms with Crippen LogP contribution < -0.4 is 16.0 Å². The van der Waals surface area contributed by atoms with Crippen LogP contribution in [0.4, 0.5) is 17.1 Å². The lowest BCUT2D eigenvalue weighted by molar-refractivity contribution is 0.405. The predicted octanol–water partition coefficient (Wildman–Crippen LogP) is 10.7. The summed E-state index contributed by atoms with van der Waals surface area (Å²) >= 11 is 0. The maximum atomic E-state index is 3.71. The van der Waals surface area contributed by atoms with Gasteiger partial charge in [0.2, 0.25) is 0 Å². The highest BCUT2D eigenvalue weighted by atomic mass is 15.1. The number of hydrogen-bond donors (Lipinski definition) is 3. The van der Waals surface area contributed by atoms with E-state index < -0.39 is 0 Å². The first-order valence-corrected chi connectivity index (χ1v) is 17.2. The molecule has 1 aromatic rings. The normalized spacial score (nSPS) is 11.3. The molecule has 0 aromatic heterocycles. The number of benzene rings is 1. The molecule has 0 aliphatic rings. The van der Waals surface area contributed by atoms with Crippen LogP contribution in [0.3, 0.4) is 0 Å². The second kappa shape index (κ2) is 26.8. The van der Waals surface area contributed by atoms with Gasteiger partial charge in [0.15, 0.2) is 0 Å². The maximum Gasteiger partial charge on any atom is 0.0381 e. The summed E-state index contributed by atoms with van der Waals surface area (Å²) in [6.45, 7) is 8.86. The maximum absolute atomic E-state index is 3.71. The lowest BCUT2D eigenvalue weighted by Gasteiger charge is -2.15. The summed E-state index contributed by atoms with van der Waals surface area (Å²) in [5, 5.41) is 11.1. The Kier molecular flexibility index (Phi) is 24.5. The largest absolute Gasteiger partial charge is 0.385 e. The first-order chi connectivity index (χ1) is 19.2. The van der Waals surface area contributed by atoms with E-state index in [1.807, 2.05) is 0 Å². The van der Waals surface area contributed by atoms with E-state index in [-0.39, 0.29) is 0 Å². The van der Waals surface area contributed by atoms with E-state index in [1.165, 1.54) is 145 Å². The smallest absolute Gasteiger partial charge is 0.0381 e. The van der Waals surface area contributed by atoms with E-state index in [0.717, 1.165) is 32.6 Å². The monoisotopic (exact) mass is 545 g/mol. The van der Waals surface area contributed by atoms with Crippen LogP contribution in [-0.2, 0) is 0 Å². The molecule has 39 heavy (non-hydrogen) atoms. The minimum Gasteiger partial charge on any atom is -0.385 e. The van der Waals surface area contributed by atoms with Crippen LogP contribution >= 0.6 is 0 Å². The van der Waals surface area contributed by atoms with Crippen molar-refractivity contribution >= 4 is 17.1 Å². The predicted molar refractivity (Wildman–Crippen MR) is 179 cm³/mol. The van der Waals surface area contributed by atoms with Crippen molar-refractivity contribution in [1.29, 1.82) is 0 Å². The molecule has 0 saturated heterocycles. The molecule has 4 nitrogen and oxygen atoms in total. The van der Waals surface area contributed by atoms with E-state index in [4.69, 9.17) is 0 Å². The Morgan fingerprint density at radius 1 is 0.410 bits per heavy atom. The molecule has 0 saturated carbocycles. The number of nitrogens with zero attached hydrogens (tertiary/aromatic N) is 1. The van der Waals surface area contributed by atoms with Crippen molar-refractivity contribution in [3.05, 3.63) is 18.2 Å². The fourth-order valence-electron chi connectivity index (χ4n) is 5.25. The average Bonchev–Trinajstić information content (AvgIpc) is 2.92. The number of anilines is 3. The molecule has 0 aliphatic carbocycles. The lowest BCUT2D eigenvalue weighted by Crippen LogP contribution is -2.16. The second-order valence-corrected chi connectivity index (χ2v) is 12.1. The van der Waals surface area contributed by atoms with E-state index in [0.29, 0.717) is 0 Å². The SMILES string of the molecule is CCCCCCCCCCCCNc1cc(NCCCCCCCCCCCC)cc(NCCCN(C)C)c1. The molecule has 4 heteroatoms. The Hall–Kier alpha value is -1.42. The molecule has 0 spiro atoms. The summed E-state index contributed by atoms with van der Waals surface area (Å²) in [6, 6.07) is 6.88. The van der Waals surface area contributed by atoms with Crippen LogP contribution in [0, 0.1) is 0 Å². The summed E-state index contributed by atoms with van der Waals surface area (Å²) in [5.74, 6) is 0. The minimum absolute atomic E-state index is 1.01. The molecule has 0 radical (unpaired) electrons. The Balaban J connectivity index is 2.31. The fourth-order valence-corrected chi connectivity index (χ4v) is 5.25. The average molecular weight is 545 g/mol. The van der Waals surface area contributed by atoms with Gasteiger partial charge in [-0.15, -0.1) is 0 Å². The molecule has 0 aliphatic heterocycles. The van der Waals surface area contributed by atoms with Crippen molar-refractivity contribution in [3.8, 4) is 0 Å². The second-order valence-electron chi connectivity index (χ2n) is 12.1. The summed E-state index contributed by atoms with van der Waals surface area (Å²) in [7, 11) is 4.29. The molecule has 0 atom stereocenters. The molecule has 3 N–H and O–H groups in total. The van der Waals surface area contributed by atoms with Crippen molar-refractivity contribution in [3.63, 3.8) is 0 Å². The molecule has 0 heterocycles. The van der Waals surface area contributed by atoms with Crippen LogP contribution in [0.1, 0.15) is 149 Å². The molecule has 0 bridgehead atoms. The third-order valence-electron chi connectivity index (χ3n) is 7.76. The first-order valence-electron chi connectivity index (χ1n) is 17.2. The summed E-state index contributed by atoms with van der Waals surface area (Å²) in [5.41, 5.74) is 3.72. The van der Waals surface area contributed by atoms with Crippen LogP contribution in [0.15, 0.2) is 18.2 Å². The molecule has 0 fully saturated rings. The van der Waals surface area contributed by atoms with Gasteiger partial charge in [-0.05, 0) is 58.1 Å². The molecule has 228 valence electrons. The Morgan fingerprint density at radius 2 is 0.692 bits per heavy atom. The highest BCUT2D eigenvalue weighted by Gasteiger charge is 2.03. The van der Waals surface area contributed by atoms with Gasteiger partial charge in [0.1, 0.15) is 0 Å². The van der Waals surface area contributed by atoms with Gasteiger partial charge in [-0.1, -0.05) is 129 Å². The van der Waals surface area contributed by atoms with Crippen LogP contribution in [0.2, 0.25) is 0 Å². The van der Waals surface area contributed by atoms with Gasteiger partial charge < -0.3 is 20.9 Å². The molecule has 0 amide bonds. The van der Waals surface area contributed by atoms with E-state index in [2.05, 4.69) is 67.0 Å². The molecule has 1 aromatic carbocycles. The van der Waals surface area contributed by atoms with Crippen molar-refractivity contribution in [2.75, 3.05) is 56.2 Å². The highest BCUT2D eigenvalue weighted by molar-refractivity contribution is 5.67. The lowest BCUT2D eigenvalue weighted by atomic mass is 10.1. The van der Waals surface area contributed by atoms with Crippen LogP contribution in [0.25, 0.3) is 0 Å². The van der Waals surface area contributed by atoms with Gasteiger partial charge in [-0.3, -0.25) is 0 Å². The van der Waals surface area contributed by atoms with Crippen molar-refractivity contribution in [2.45, 2.75) is 149 Å². The number of unbranched alkanes of at least 4 members (excludes halogenated alkanes) is 18. The molecule has 0 unspecified atom stereocenters. The standard InChI is InChI=1S/C35H68N4/c1-5-7-9-11-13-15-17-19-21-23-26-36-33-30-34(32-35(31-33)38-28-25-29-39(3)4)37-27-24-22-20-18-16-14-12-10-8-6-2/h30-32,36-38H,5-29H2,1-4H3. The van der Waals surface area contributed by atoms with Crippen LogP contribution in [-0.4, -0.2) is 45.2 Å². The minimum atomic E-state index is 1.01. The van der Waals surface area contributed by atoms with E-state index in [9.17, 15) is 0 Å². The third-order valence-corrected chi connectivity index (χ3v) is 7.76. The zero-order chi connectivity index (χ0) is 28.2. The summed E-state index contributed by atoms with van der Waals surface area (Å²) < 4.78 is 0. The Bertz CT molecular complexity index is 601. The van der Waals surface area contributed by atoms with Gasteiger partial charge >= 0.3 is 0 Å². The number of rotatable bonds is 29. The third kappa shape index (κ3) is 23.0. The zero-order valence-electron chi connectivity index (χ0n) is 26.9. The van der Waals surface area contributed by atoms with Crippen LogP contribution in [0.5, 0.6) is 0 Å². The quantitative estimate of drug-likeness (QED) is 0.0877. The van der Waals surface area contributed by atoms with Crippen molar-refractivity contribution in [2.24, 2.45) is 0 Å². The Morgan fingerprint density at radius 3 is 1.00 bits per heavy atom. The Labute approximate surface area is 244 Å². The van der Waals surface area contributed by atoms with Gasteiger partial charge in [-0.2, -0.15) is 0 Å². The highest BCUT2D eigenvalue weighted by Crippen LogP contribution is 2.23. The van der Waals surface area contributed by atoms with Gasteiger partial charge in [0.05, 0.1) is 0 Å². The van der Waals surface area contributed by atoms with Crippen molar-refractivity contribution in [1.82, 2.24) is 4.90 Å². The van der Waals surface area contributed by atoms with E-state index >= 15 is 0 Å². The van der Waals surface area contributed by atoms with Gasteiger partial charge in [-0.25, -0.2) is 0 Å². The fraction of sp³-hybridized carbons (Fsp3) is 0.829. The number of nitrogens with one attached hydrogen (secondary N) is 3. The topological polar surface area (TPSA) is 39.3 Å². The number of hydrogen-bond acceptors (Lipinski definition) is 4. The molecule has 1 rings (SSSR count). The first kappa shape index (κ1) is 35.6. The van der Waals surface area contributed by atoms with Crippen molar-refractivity contribution < 1.29 is 0 Å². The summed E-state index contributed by atoms with van der Waals surface area (Å²) in [6.07, 6.45) is 28.9. The van der Waals surface area contributed by atoms with Gasteiger partial charge in [0.25, 0.3) is 0 Å². The zero-order valence-corrected chi connectivity index (χ0v) is 26.9. The summed E-state index contributed by atoms with van der Waals surface area (Å²) in [4.78, 5) is 2.26. The van der Waals surface area contributed by atoms with Gasteiger partial charge in [0, 0.05) is 36.7 Å². The van der Waals surface area contributed by atoms with E-state index in [1.54, 1.807) is 0 Å². The molecular formula is C35H68N4.